The van der Waals surface area contributed by atoms with Gasteiger partial charge in [0.2, 0.25) is 10.0 Å². The number of rotatable bonds is 6. The van der Waals surface area contributed by atoms with Crippen LogP contribution in [0.4, 0.5) is 10.1 Å². The smallest absolute Gasteiger partial charge is 0.274 e. The largest absolute Gasteiger partial charge is 0.455 e. The summed E-state index contributed by atoms with van der Waals surface area (Å²) in [5.41, 5.74) is 0.136. The zero-order valence-electron chi connectivity index (χ0n) is 17.2. The number of morpholine rings is 1. The molecule has 1 N–H and O–H groups in total. The summed E-state index contributed by atoms with van der Waals surface area (Å²) in [5.74, 6) is -0.577. The second kappa shape index (κ2) is 9.84. The Morgan fingerprint density at radius 2 is 1.82 bits per heavy atom. The van der Waals surface area contributed by atoms with Crippen LogP contribution in [0.25, 0.3) is 0 Å². The molecular formula is C22H19ClFN3O5S. The molecule has 1 saturated heterocycles. The van der Waals surface area contributed by atoms with Gasteiger partial charge in [-0.3, -0.25) is 9.78 Å². The second-order valence-corrected chi connectivity index (χ2v) is 9.42. The summed E-state index contributed by atoms with van der Waals surface area (Å²) < 4.78 is 51.8. The number of amides is 1. The maximum absolute atomic E-state index is 13.2. The summed E-state index contributed by atoms with van der Waals surface area (Å²) in [4.78, 5) is 16.7. The highest BCUT2D eigenvalue weighted by Crippen LogP contribution is 2.33. The van der Waals surface area contributed by atoms with Crippen molar-refractivity contribution in [1.82, 2.24) is 9.29 Å². The number of sulfonamides is 1. The number of carbonyl (C=O) groups is 1. The summed E-state index contributed by atoms with van der Waals surface area (Å²) in [6, 6.07) is 12.3. The Bertz CT molecular complexity index is 1270. The van der Waals surface area contributed by atoms with Gasteiger partial charge in [-0.25, -0.2) is 12.8 Å². The zero-order chi connectivity index (χ0) is 23.4. The minimum absolute atomic E-state index is 0.0230. The number of benzene rings is 2. The lowest BCUT2D eigenvalue weighted by Gasteiger charge is -2.26. The number of halogens is 2. The van der Waals surface area contributed by atoms with Gasteiger partial charge in [0.15, 0.2) is 5.75 Å². The molecule has 0 aliphatic carbocycles. The summed E-state index contributed by atoms with van der Waals surface area (Å²) in [6.07, 6.45) is 1.38. The summed E-state index contributed by atoms with van der Waals surface area (Å²) >= 11 is 5.94. The van der Waals surface area contributed by atoms with Crippen LogP contribution >= 0.6 is 11.6 Å². The van der Waals surface area contributed by atoms with Crippen molar-refractivity contribution in [2.75, 3.05) is 31.6 Å². The molecule has 1 fully saturated rings. The highest BCUT2D eigenvalue weighted by atomic mass is 35.5. The first-order valence-electron chi connectivity index (χ1n) is 9.91. The third-order valence-corrected chi connectivity index (χ3v) is 6.93. The lowest BCUT2D eigenvalue weighted by molar-refractivity contribution is 0.0730. The molecule has 4 rings (SSSR count). The Kier molecular flexibility index (Phi) is 6.89. The van der Waals surface area contributed by atoms with Crippen molar-refractivity contribution < 1.29 is 27.1 Å². The molecule has 0 radical (unpaired) electrons. The molecule has 0 saturated carbocycles. The normalized spacial score (nSPS) is 14.6. The SMILES string of the molecule is O=C(Nc1cc(S(=O)(=O)N2CCOCC2)ccc1Oc1ccc(F)cc1)c1cc(Cl)ccn1. The van der Waals surface area contributed by atoms with Gasteiger partial charge in [0.1, 0.15) is 17.3 Å². The van der Waals surface area contributed by atoms with E-state index in [1.54, 1.807) is 0 Å². The number of hydrogen-bond acceptors (Lipinski definition) is 6. The second-order valence-electron chi connectivity index (χ2n) is 7.04. The van der Waals surface area contributed by atoms with E-state index in [1.165, 1.54) is 65.1 Å². The van der Waals surface area contributed by atoms with Crippen LogP contribution in [0.1, 0.15) is 10.5 Å². The molecule has 0 unspecified atom stereocenters. The molecule has 8 nitrogen and oxygen atoms in total. The topological polar surface area (TPSA) is 97.8 Å². The van der Waals surface area contributed by atoms with Crippen LogP contribution in [0.15, 0.2) is 65.7 Å². The Morgan fingerprint density at radius 3 is 2.52 bits per heavy atom. The van der Waals surface area contributed by atoms with Gasteiger partial charge in [-0.2, -0.15) is 4.31 Å². The van der Waals surface area contributed by atoms with Gasteiger partial charge in [0.05, 0.1) is 23.8 Å². The summed E-state index contributed by atoms with van der Waals surface area (Å²) in [6.45, 7) is 1.05. The molecule has 0 bridgehead atoms. The van der Waals surface area contributed by atoms with E-state index in [4.69, 9.17) is 21.1 Å². The van der Waals surface area contributed by atoms with Crippen LogP contribution in [0.5, 0.6) is 11.5 Å². The fraction of sp³-hybridized carbons (Fsp3) is 0.182. The van der Waals surface area contributed by atoms with Gasteiger partial charge in [0.25, 0.3) is 5.91 Å². The van der Waals surface area contributed by atoms with Gasteiger partial charge < -0.3 is 14.8 Å². The van der Waals surface area contributed by atoms with Crippen molar-refractivity contribution in [3.8, 4) is 11.5 Å². The molecule has 172 valence electrons. The molecule has 2 aromatic carbocycles. The minimum Gasteiger partial charge on any atom is -0.455 e. The average molecular weight is 492 g/mol. The number of aromatic nitrogens is 1. The number of nitrogens with one attached hydrogen (secondary N) is 1. The van der Waals surface area contributed by atoms with Crippen molar-refractivity contribution in [3.63, 3.8) is 0 Å². The fourth-order valence-corrected chi connectivity index (χ4v) is 4.73. The third-order valence-electron chi connectivity index (χ3n) is 4.80. The molecule has 0 atom stereocenters. The van der Waals surface area contributed by atoms with E-state index in [-0.39, 0.29) is 35.1 Å². The molecule has 33 heavy (non-hydrogen) atoms. The number of ether oxygens (including phenoxy) is 2. The monoisotopic (exact) mass is 491 g/mol. The standard InChI is InChI=1S/C22H19ClFN3O5S/c23-15-7-8-25-20(13-15)22(28)26-19-14-18(33(29,30)27-9-11-31-12-10-27)5-6-21(19)32-17-3-1-16(24)2-4-17/h1-8,13-14H,9-12H2,(H,26,28). The molecule has 1 aliphatic heterocycles. The van der Waals surface area contributed by atoms with Gasteiger partial charge in [-0.05, 0) is 54.6 Å². The van der Waals surface area contributed by atoms with Crippen molar-refractivity contribution in [1.29, 1.82) is 0 Å². The Morgan fingerprint density at radius 1 is 1.09 bits per heavy atom. The first-order valence-corrected chi connectivity index (χ1v) is 11.7. The van der Waals surface area contributed by atoms with Gasteiger partial charge >= 0.3 is 0 Å². The van der Waals surface area contributed by atoms with E-state index in [9.17, 15) is 17.6 Å². The van der Waals surface area contributed by atoms with Gasteiger partial charge in [-0.1, -0.05) is 11.6 Å². The van der Waals surface area contributed by atoms with Crippen molar-refractivity contribution in [3.05, 3.63) is 77.3 Å². The maximum Gasteiger partial charge on any atom is 0.274 e. The predicted octanol–water partition coefficient (Wildman–Crippen LogP) is 3.94. The van der Waals surface area contributed by atoms with Crippen LogP contribution in [-0.4, -0.2) is 49.9 Å². The van der Waals surface area contributed by atoms with E-state index < -0.39 is 21.7 Å². The number of carbonyl (C=O) groups excluding carboxylic acids is 1. The Balaban J connectivity index is 1.69. The van der Waals surface area contributed by atoms with Crippen molar-refractivity contribution >= 4 is 33.2 Å². The number of anilines is 1. The number of nitrogens with zero attached hydrogens (tertiary/aromatic N) is 2. The lowest BCUT2D eigenvalue weighted by atomic mass is 10.2. The van der Waals surface area contributed by atoms with E-state index in [2.05, 4.69) is 10.3 Å². The van der Waals surface area contributed by atoms with E-state index in [1.807, 2.05) is 0 Å². The fourth-order valence-electron chi connectivity index (χ4n) is 3.14. The molecule has 1 aromatic heterocycles. The predicted molar refractivity (Wildman–Crippen MR) is 120 cm³/mol. The molecular weight excluding hydrogens is 473 g/mol. The highest BCUT2D eigenvalue weighted by molar-refractivity contribution is 7.89. The average Bonchev–Trinajstić information content (AvgIpc) is 2.82. The number of hydrogen-bond donors (Lipinski definition) is 1. The molecule has 3 aromatic rings. The lowest BCUT2D eigenvalue weighted by Crippen LogP contribution is -2.40. The van der Waals surface area contributed by atoms with E-state index in [0.717, 1.165) is 0 Å². The van der Waals surface area contributed by atoms with Crippen LogP contribution < -0.4 is 10.1 Å². The Hall–Kier alpha value is -3.05. The Labute approximate surface area is 195 Å². The molecule has 2 heterocycles. The quantitative estimate of drug-likeness (QED) is 0.561. The van der Waals surface area contributed by atoms with Crippen LogP contribution in [0.3, 0.4) is 0 Å². The highest BCUT2D eigenvalue weighted by Gasteiger charge is 2.27. The minimum atomic E-state index is -3.83. The summed E-state index contributed by atoms with van der Waals surface area (Å²) in [5, 5.41) is 2.96. The van der Waals surface area contributed by atoms with E-state index in [0.29, 0.717) is 24.0 Å². The maximum atomic E-state index is 13.2. The third kappa shape index (κ3) is 5.48. The van der Waals surface area contributed by atoms with Crippen LogP contribution in [0.2, 0.25) is 5.02 Å². The van der Waals surface area contributed by atoms with Crippen molar-refractivity contribution in [2.45, 2.75) is 4.90 Å². The van der Waals surface area contributed by atoms with E-state index >= 15 is 0 Å². The first kappa shape index (κ1) is 23.1. The van der Waals surface area contributed by atoms with Crippen molar-refractivity contribution in [2.24, 2.45) is 0 Å². The first-order chi connectivity index (χ1) is 15.8. The van der Waals surface area contributed by atoms with Crippen LogP contribution in [-0.2, 0) is 14.8 Å². The van der Waals surface area contributed by atoms with Gasteiger partial charge in [0, 0.05) is 24.3 Å². The van der Waals surface area contributed by atoms with Gasteiger partial charge in [-0.15, -0.1) is 0 Å². The zero-order valence-corrected chi connectivity index (χ0v) is 18.8. The molecule has 11 heteroatoms. The van der Waals surface area contributed by atoms with Crippen LogP contribution in [0, 0.1) is 5.82 Å². The molecule has 0 spiro atoms. The molecule has 1 amide bonds. The summed E-state index contributed by atoms with van der Waals surface area (Å²) in [7, 11) is -3.83. The number of pyridine rings is 1. The molecule has 1 aliphatic rings.